The van der Waals surface area contributed by atoms with E-state index < -0.39 is 6.10 Å². The molecule has 4 unspecified atom stereocenters. The predicted molar refractivity (Wildman–Crippen MR) is 78.8 cm³/mol. The largest absolute Gasteiger partial charge is 0.486 e. The zero-order chi connectivity index (χ0) is 16.1. The van der Waals surface area contributed by atoms with Gasteiger partial charge in [0.05, 0.1) is 13.2 Å². The molecule has 4 atom stereocenters. The van der Waals surface area contributed by atoms with Gasteiger partial charge in [-0.3, -0.25) is 0 Å². The summed E-state index contributed by atoms with van der Waals surface area (Å²) in [4.78, 5) is 0. The molecule has 0 spiro atoms. The fourth-order valence-corrected chi connectivity index (χ4v) is 3.46. The van der Waals surface area contributed by atoms with Gasteiger partial charge in [0.25, 0.3) is 0 Å². The molecule has 1 N–H and O–H groups in total. The van der Waals surface area contributed by atoms with Crippen LogP contribution in [-0.4, -0.2) is 70.1 Å². The van der Waals surface area contributed by atoms with Crippen LogP contribution in [0.25, 0.3) is 11.4 Å². The van der Waals surface area contributed by atoms with Crippen molar-refractivity contribution >= 4 is 0 Å². The quantitative estimate of drug-likeness (QED) is 0.808. The molecule has 0 aliphatic carbocycles. The lowest BCUT2D eigenvalue weighted by atomic mass is 10.1. The molecule has 126 valence electrons. The molecule has 3 aliphatic heterocycles. The van der Waals surface area contributed by atoms with Gasteiger partial charge in [-0.25, -0.2) is 4.68 Å². The Kier molecular flexibility index (Phi) is 3.18. The first-order valence-electron chi connectivity index (χ1n) is 7.90. The van der Waals surface area contributed by atoms with Gasteiger partial charge in [0, 0.05) is 5.56 Å². The van der Waals surface area contributed by atoms with E-state index in [4.69, 9.17) is 18.9 Å². The van der Waals surface area contributed by atoms with Crippen molar-refractivity contribution in [2.45, 2.75) is 24.4 Å². The number of nitrogens with zero attached hydrogens (tertiary/aromatic N) is 4. The fraction of sp³-hybridized carbons (Fsp3) is 0.533. The number of ether oxygens (including phenoxy) is 4. The molecule has 9 heteroatoms. The van der Waals surface area contributed by atoms with E-state index >= 15 is 0 Å². The highest BCUT2D eigenvalue weighted by Gasteiger charge is 2.49. The third-order valence-corrected chi connectivity index (χ3v) is 4.61. The smallest absolute Gasteiger partial charge is 0.182 e. The number of aromatic nitrogens is 4. The van der Waals surface area contributed by atoms with Crippen molar-refractivity contribution in [3.05, 3.63) is 18.2 Å². The van der Waals surface area contributed by atoms with Crippen molar-refractivity contribution in [1.82, 2.24) is 20.2 Å². The van der Waals surface area contributed by atoms with E-state index in [0.29, 0.717) is 31.4 Å². The lowest BCUT2D eigenvalue weighted by Gasteiger charge is -2.20. The normalized spacial score (nSPS) is 31.2. The third kappa shape index (κ3) is 2.09. The predicted octanol–water partition coefficient (Wildman–Crippen LogP) is -0.189. The summed E-state index contributed by atoms with van der Waals surface area (Å²) in [5.41, 5.74) is 0.825. The minimum Gasteiger partial charge on any atom is -0.486 e. The minimum atomic E-state index is -0.603. The summed E-state index contributed by atoms with van der Waals surface area (Å²) in [5.74, 6) is 2.00. The second-order valence-corrected chi connectivity index (χ2v) is 6.04. The Morgan fingerprint density at radius 2 is 1.88 bits per heavy atom. The second-order valence-electron chi connectivity index (χ2n) is 6.04. The molecule has 4 heterocycles. The molecule has 5 rings (SSSR count). The molecule has 2 fully saturated rings. The fourth-order valence-electron chi connectivity index (χ4n) is 3.46. The first kappa shape index (κ1) is 14.1. The van der Waals surface area contributed by atoms with Crippen LogP contribution >= 0.6 is 0 Å². The van der Waals surface area contributed by atoms with Crippen molar-refractivity contribution in [3.63, 3.8) is 0 Å². The monoisotopic (exact) mass is 332 g/mol. The maximum Gasteiger partial charge on any atom is 0.182 e. The van der Waals surface area contributed by atoms with Crippen LogP contribution in [-0.2, 0) is 9.47 Å². The van der Waals surface area contributed by atoms with E-state index in [1.54, 1.807) is 4.68 Å². The van der Waals surface area contributed by atoms with Crippen LogP contribution in [0.4, 0.5) is 0 Å². The van der Waals surface area contributed by atoms with Crippen molar-refractivity contribution in [3.8, 4) is 22.9 Å². The molecule has 0 amide bonds. The van der Waals surface area contributed by atoms with E-state index in [-0.39, 0.29) is 24.9 Å². The molecule has 3 aliphatic rings. The summed E-state index contributed by atoms with van der Waals surface area (Å²) >= 11 is 0. The molecule has 24 heavy (non-hydrogen) atoms. The Morgan fingerprint density at radius 1 is 1.04 bits per heavy atom. The van der Waals surface area contributed by atoms with Gasteiger partial charge in [0.1, 0.15) is 37.6 Å². The zero-order valence-corrected chi connectivity index (χ0v) is 12.7. The van der Waals surface area contributed by atoms with Crippen LogP contribution in [0, 0.1) is 0 Å². The van der Waals surface area contributed by atoms with Crippen LogP contribution in [0.15, 0.2) is 18.2 Å². The SMILES string of the molecule is OC1COC2C1OCC2n1nnnc1-c1ccc2c(c1)OCCO2. The molecule has 0 bridgehead atoms. The Labute approximate surface area is 137 Å². The Morgan fingerprint density at radius 3 is 2.79 bits per heavy atom. The maximum absolute atomic E-state index is 9.89. The summed E-state index contributed by atoms with van der Waals surface area (Å²) in [6, 6.07) is 5.44. The van der Waals surface area contributed by atoms with Crippen LogP contribution in [0.1, 0.15) is 6.04 Å². The Hall–Kier alpha value is -2.23. The minimum absolute atomic E-state index is 0.176. The van der Waals surface area contributed by atoms with Gasteiger partial charge in [-0.05, 0) is 28.6 Å². The lowest BCUT2D eigenvalue weighted by molar-refractivity contribution is 0.0169. The van der Waals surface area contributed by atoms with Gasteiger partial charge in [0.2, 0.25) is 0 Å². The van der Waals surface area contributed by atoms with E-state index in [2.05, 4.69) is 15.5 Å². The van der Waals surface area contributed by atoms with Crippen molar-refractivity contribution in [2.75, 3.05) is 26.4 Å². The molecule has 2 aromatic rings. The molecular weight excluding hydrogens is 316 g/mol. The van der Waals surface area contributed by atoms with E-state index in [1.807, 2.05) is 18.2 Å². The van der Waals surface area contributed by atoms with Gasteiger partial charge < -0.3 is 24.1 Å². The molecule has 1 aromatic heterocycles. The zero-order valence-electron chi connectivity index (χ0n) is 12.7. The van der Waals surface area contributed by atoms with E-state index in [0.717, 1.165) is 11.3 Å². The van der Waals surface area contributed by atoms with Gasteiger partial charge in [-0.1, -0.05) is 0 Å². The molecule has 9 nitrogen and oxygen atoms in total. The number of hydrogen-bond donors (Lipinski definition) is 1. The topological polar surface area (TPSA) is 101 Å². The summed E-state index contributed by atoms with van der Waals surface area (Å²) in [7, 11) is 0. The number of hydrogen-bond acceptors (Lipinski definition) is 8. The van der Waals surface area contributed by atoms with Crippen molar-refractivity contribution in [2.24, 2.45) is 0 Å². The third-order valence-electron chi connectivity index (χ3n) is 4.61. The number of fused-ring (bicyclic) bond motifs is 2. The average Bonchev–Trinajstić information content (AvgIpc) is 3.32. The van der Waals surface area contributed by atoms with Gasteiger partial charge in [-0.2, -0.15) is 0 Å². The first-order chi connectivity index (χ1) is 11.8. The Bertz CT molecular complexity index is 766. The lowest BCUT2D eigenvalue weighted by Crippen LogP contribution is -2.30. The number of tetrazole rings is 1. The van der Waals surface area contributed by atoms with E-state index in [9.17, 15) is 5.11 Å². The summed E-state index contributed by atoms with van der Waals surface area (Å²) in [6.07, 6.45) is -1.18. The molecule has 0 saturated carbocycles. The summed E-state index contributed by atoms with van der Waals surface area (Å²) in [5, 5.41) is 22.0. The standard InChI is InChI=1S/C15H16N4O5/c20-10-7-24-13-9(6-23-14(10)13)19-15(16-17-18-19)8-1-2-11-12(5-8)22-4-3-21-11/h1-2,5,9-10,13-14,20H,3-4,6-7H2. The van der Waals surface area contributed by atoms with Gasteiger partial charge in [-0.15, -0.1) is 5.10 Å². The van der Waals surface area contributed by atoms with Crippen LogP contribution < -0.4 is 9.47 Å². The Balaban J connectivity index is 1.50. The highest BCUT2D eigenvalue weighted by Crippen LogP contribution is 2.37. The molecule has 0 radical (unpaired) electrons. The average molecular weight is 332 g/mol. The number of aliphatic hydroxyl groups excluding tert-OH is 1. The van der Waals surface area contributed by atoms with Gasteiger partial charge >= 0.3 is 0 Å². The van der Waals surface area contributed by atoms with Gasteiger partial charge in [0.15, 0.2) is 17.3 Å². The molecular formula is C15H16N4O5. The second kappa shape index (κ2) is 5.40. The van der Waals surface area contributed by atoms with Crippen molar-refractivity contribution in [1.29, 1.82) is 0 Å². The number of benzene rings is 1. The van der Waals surface area contributed by atoms with E-state index in [1.165, 1.54) is 0 Å². The number of rotatable bonds is 2. The number of aliphatic hydroxyl groups is 1. The highest BCUT2D eigenvalue weighted by atomic mass is 16.6. The highest BCUT2D eigenvalue weighted by molar-refractivity contribution is 5.61. The van der Waals surface area contributed by atoms with Crippen LogP contribution in [0.3, 0.4) is 0 Å². The summed E-state index contributed by atoms with van der Waals surface area (Å²) in [6.45, 7) is 1.74. The summed E-state index contributed by atoms with van der Waals surface area (Å²) < 4.78 is 24.2. The van der Waals surface area contributed by atoms with Crippen LogP contribution in [0.5, 0.6) is 11.5 Å². The molecule has 2 saturated heterocycles. The molecule has 1 aromatic carbocycles. The van der Waals surface area contributed by atoms with Crippen molar-refractivity contribution < 1.29 is 24.1 Å². The maximum atomic E-state index is 9.89. The van der Waals surface area contributed by atoms with Crippen LogP contribution in [0.2, 0.25) is 0 Å². The first-order valence-corrected chi connectivity index (χ1v) is 7.90.